The minimum atomic E-state index is -1.58. The molecular weight excluding hydrogens is 486 g/mol. The molecule has 1 aliphatic rings. The molecule has 3 rings (SSSR count). The summed E-state index contributed by atoms with van der Waals surface area (Å²) in [5.41, 5.74) is -2.00. The molecule has 1 saturated heterocycles. The largest absolute Gasteiger partial charge is 0.378 e. The van der Waals surface area contributed by atoms with Crippen molar-refractivity contribution in [1.82, 2.24) is 9.13 Å². The number of benzene rings is 1. The number of alkyl halides is 2. The summed E-state index contributed by atoms with van der Waals surface area (Å²) in [7, 11) is 0. The molecule has 0 unspecified atom stereocenters. The Bertz CT molecular complexity index is 1060. The van der Waals surface area contributed by atoms with Gasteiger partial charge in [-0.25, -0.2) is 13.8 Å². The van der Waals surface area contributed by atoms with Crippen LogP contribution in [0.1, 0.15) is 51.3 Å². The van der Waals surface area contributed by atoms with Gasteiger partial charge in [-0.3, -0.25) is 13.8 Å². The summed E-state index contributed by atoms with van der Waals surface area (Å²) in [5.74, 6) is -0.976. The quantitative estimate of drug-likeness (QED) is 0.309. The third-order valence-electron chi connectivity index (χ3n) is 6.52. The molecular formula is C27H38F2N2O6. The molecule has 0 saturated carbocycles. The van der Waals surface area contributed by atoms with Gasteiger partial charge in [-0.1, -0.05) is 57.0 Å². The van der Waals surface area contributed by atoms with Crippen LogP contribution in [0.15, 0.2) is 52.2 Å². The predicted octanol–water partition coefficient (Wildman–Crippen LogP) is 4.01. The van der Waals surface area contributed by atoms with Gasteiger partial charge >= 0.3 is 5.69 Å². The second kappa shape index (κ2) is 14.5. The Balaban J connectivity index is 1.87. The molecule has 0 N–H and O–H groups in total. The first-order chi connectivity index (χ1) is 18.0. The van der Waals surface area contributed by atoms with Gasteiger partial charge in [0.25, 0.3) is 5.56 Å². The van der Waals surface area contributed by atoms with E-state index in [4.69, 9.17) is 18.9 Å². The molecule has 8 nitrogen and oxygen atoms in total. The van der Waals surface area contributed by atoms with E-state index in [1.807, 2.05) is 44.2 Å². The molecule has 0 radical (unpaired) electrons. The number of unbranched alkanes of at least 4 members (excludes halogenated alkanes) is 2. The second-order valence-corrected chi connectivity index (χ2v) is 9.31. The lowest BCUT2D eigenvalue weighted by Gasteiger charge is -2.32. The van der Waals surface area contributed by atoms with Crippen LogP contribution < -0.4 is 11.2 Å². The van der Waals surface area contributed by atoms with E-state index in [0.29, 0.717) is 19.6 Å². The molecule has 2 heterocycles. The Hall–Kier alpha value is -2.40. The van der Waals surface area contributed by atoms with Crippen LogP contribution in [0, 0.1) is 5.92 Å². The van der Waals surface area contributed by atoms with Gasteiger partial charge in [0.15, 0.2) is 0 Å². The number of ether oxygens (including phenoxy) is 4. The third kappa shape index (κ3) is 7.13. The van der Waals surface area contributed by atoms with E-state index < -0.39 is 48.4 Å². The molecule has 37 heavy (non-hydrogen) atoms. The first-order valence-electron chi connectivity index (χ1n) is 12.9. The highest BCUT2D eigenvalue weighted by Crippen LogP contribution is 2.44. The zero-order chi connectivity index (χ0) is 26.7. The number of rotatable bonds is 16. The molecule has 0 bridgehead atoms. The molecule has 0 spiro atoms. The van der Waals surface area contributed by atoms with Crippen LogP contribution >= 0.6 is 0 Å². The Morgan fingerprint density at radius 1 is 1.00 bits per heavy atom. The summed E-state index contributed by atoms with van der Waals surface area (Å²) >= 11 is 0. The average molecular weight is 525 g/mol. The molecule has 1 aromatic carbocycles. The lowest BCUT2D eigenvalue weighted by molar-refractivity contribution is -0.161. The van der Waals surface area contributed by atoms with Crippen LogP contribution in [-0.4, -0.2) is 54.0 Å². The van der Waals surface area contributed by atoms with E-state index in [2.05, 4.69) is 0 Å². The fourth-order valence-corrected chi connectivity index (χ4v) is 4.41. The highest BCUT2D eigenvalue weighted by Gasteiger charge is 2.57. The van der Waals surface area contributed by atoms with Crippen molar-refractivity contribution >= 4 is 0 Å². The number of nitrogens with zero attached hydrogens (tertiary/aromatic N) is 2. The Kier molecular flexibility index (Phi) is 11.4. The molecule has 206 valence electrons. The van der Waals surface area contributed by atoms with Crippen LogP contribution in [0.25, 0.3) is 0 Å². The van der Waals surface area contributed by atoms with E-state index in [0.717, 1.165) is 34.0 Å². The van der Waals surface area contributed by atoms with Gasteiger partial charge in [0.05, 0.1) is 25.8 Å². The van der Waals surface area contributed by atoms with Crippen LogP contribution in [0.4, 0.5) is 8.78 Å². The van der Waals surface area contributed by atoms with Gasteiger partial charge in [-0.2, -0.15) is 0 Å². The second-order valence-electron chi connectivity index (χ2n) is 9.31. The number of hydrogen-bond acceptors (Lipinski definition) is 6. The van der Waals surface area contributed by atoms with Crippen molar-refractivity contribution in [3.8, 4) is 0 Å². The van der Waals surface area contributed by atoms with Crippen LogP contribution in [0.5, 0.6) is 0 Å². The molecule has 1 fully saturated rings. The molecule has 2 aromatic rings. The summed E-state index contributed by atoms with van der Waals surface area (Å²) < 4.78 is 54.5. The number of aromatic nitrogens is 2. The highest BCUT2D eigenvalue weighted by atomic mass is 19.1. The smallest absolute Gasteiger partial charge is 0.335 e. The molecule has 10 heteroatoms. The van der Waals surface area contributed by atoms with Gasteiger partial charge in [0.1, 0.15) is 31.3 Å². The molecule has 0 amide bonds. The predicted molar refractivity (Wildman–Crippen MR) is 135 cm³/mol. The zero-order valence-corrected chi connectivity index (χ0v) is 21.7. The SMILES string of the molecule is CCCCOC[C@@]1(CF)O[C@@H](n2ccc(=O)n(COCc3ccccc3)c2=O)[C@@H](CF)[C@@H]1OCCCC. The topological polar surface area (TPSA) is 80.9 Å². The minimum Gasteiger partial charge on any atom is -0.378 e. The molecule has 1 aliphatic heterocycles. The standard InChI is InChI=1S/C27H38F2N2O6/c1-3-5-14-34-19-27(18-29)24(36-15-6-4-2)22(16-28)25(37-27)30-13-12-23(32)31(26(30)33)20-35-17-21-10-8-7-9-11-21/h7-13,22,24-25H,3-6,14-20H2,1-2H3/t22-,24-,25+,27+/m0/s1. The number of hydrogen-bond donors (Lipinski definition) is 0. The first-order valence-corrected chi connectivity index (χ1v) is 12.9. The van der Waals surface area contributed by atoms with Crippen molar-refractivity contribution in [1.29, 1.82) is 0 Å². The van der Waals surface area contributed by atoms with Crippen molar-refractivity contribution in [2.24, 2.45) is 5.92 Å². The van der Waals surface area contributed by atoms with E-state index >= 15 is 0 Å². The monoisotopic (exact) mass is 524 g/mol. The summed E-state index contributed by atoms with van der Waals surface area (Å²) in [6, 6.07) is 10.5. The van der Waals surface area contributed by atoms with Gasteiger partial charge in [-0.05, 0) is 18.4 Å². The average Bonchev–Trinajstić information content (AvgIpc) is 3.22. The fourth-order valence-electron chi connectivity index (χ4n) is 4.41. The zero-order valence-electron chi connectivity index (χ0n) is 21.7. The van der Waals surface area contributed by atoms with Crippen LogP contribution in [0.3, 0.4) is 0 Å². The Morgan fingerprint density at radius 2 is 1.73 bits per heavy atom. The van der Waals surface area contributed by atoms with E-state index in [1.54, 1.807) is 0 Å². The Labute approximate surface area is 216 Å². The maximum absolute atomic E-state index is 14.6. The maximum Gasteiger partial charge on any atom is 0.335 e. The Morgan fingerprint density at radius 3 is 2.41 bits per heavy atom. The van der Waals surface area contributed by atoms with Crippen LogP contribution in [-0.2, 0) is 32.3 Å². The molecule has 4 atom stereocenters. The van der Waals surface area contributed by atoms with Crippen molar-refractivity contribution in [3.05, 3.63) is 69.0 Å². The van der Waals surface area contributed by atoms with Gasteiger partial charge in [-0.15, -0.1) is 0 Å². The summed E-state index contributed by atoms with van der Waals surface area (Å²) in [6.07, 6.45) is 2.34. The van der Waals surface area contributed by atoms with Gasteiger partial charge in [0, 0.05) is 25.5 Å². The van der Waals surface area contributed by atoms with Crippen LogP contribution in [0.2, 0.25) is 0 Å². The van der Waals surface area contributed by atoms with Crippen molar-refractivity contribution in [2.75, 3.05) is 33.2 Å². The van der Waals surface area contributed by atoms with E-state index in [9.17, 15) is 18.4 Å². The van der Waals surface area contributed by atoms with Gasteiger partial charge < -0.3 is 18.9 Å². The third-order valence-corrected chi connectivity index (χ3v) is 6.52. The molecule has 0 aliphatic carbocycles. The minimum absolute atomic E-state index is 0.137. The summed E-state index contributed by atoms with van der Waals surface area (Å²) in [5, 5.41) is 0. The lowest BCUT2D eigenvalue weighted by Crippen LogP contribution is -2.49. The van der Waals surface area contributed by atoms with Crippen molar-refractivity contribution in [3.63, 3.8) is 0 Å². The lowest BCUT2D eigenvalue weighted by atomic mass is 9.91. The normalized spacial score (nSPS) is 23.5. The summed E-state index contributed by atoms with van der Waals surface area (Å²) in [6.45, 7) is 2.57. The maximum atomic E-state index is 14.6. The van der Waals surface area contributed by atoms with Crippen molar-refractivity contribution < 1.29 is 27.7 Å². The summed E-state index contributed by atoms with van der Waals surface area (Å²) in [4.78, 5) is 25.8. The highest BCUT2D eigenvalue weighted by molar-refractivity contribution is 5.13. The van der Waals surface area contributed by atoms with E-state index in [-0.39, 0.29) is 19.9 Å². The number of halogens is 2. The molecule has 1 aromatic heterocycles. The van der Waals surface area contributed by atoms with E-state index in [1.165, 1.54) is 12.3 Å². The first kappa shape index (κ1) is 29.2. The fraction of sp³-hybridized carbons (Fsp3) is 0.630. The van der Waals surface area contributed by atoms with Gasteiger partial charge in [0.2, 0.25) is 0 Å². The van der Waals surface area contributed by atoms with Crippen molar-refractivity contribution in [2.45, 2.75) is 70.8 Å².